The number of halogens is 2. The van der Waals surface area contributed by atoms with Crippen LogP contribution in [-0.4, -0.2) is 9.97 Å². The number of anilines is 1. The Morgan fingerprint density at radius 3 is 2.68 bits per heavy atom. The average Bonchev–Trinajstić information content (AvgIpc) is 3.01. The smallest absolute Gasteiger partial charge is 0.134 e. The number of aromatic nitrogens is 2. The molecule has 28 heavy (non-hydrogen) atoms. The lowest BCUT2D eigenvalue weighted by molar-refractivity contribution is 0.613. The van der Waals surface area contributed by atoms with Crippen molar-refractivity contribution in [2.45, 2.75) is 26.8 Å². The van der Waals surface area contributed by atoms with Gasteiger partial charge in [-0.1, -0.05) is 15.9 Å². The van der Waals surface area contributed by atoms with E-state index in [0.717, 1.165) is 33.4 Å². The zero-order valence-corrected chi connectivity index (χ0v) is 17.3. The zero-order valence-electron chi connectivity index (χ0n) is 15.8. The molecule has 2 aromatic carbocycles. The summed E-state index contributed by atoms with van der Waals surface area (Å²) < 4.78 is 20.0. The van der Waals surface area contributed by atoms with Crippen LogP contribution < -0.4 is 5.32 Å². The van der Waals surface area contributed by atoms with Gasteiger partial charge in [0.1, 0.15) is 23.0 Å². The Morgan fingerprint density at radius 1 is 1.07 bits per heavy atom. The molecule has 0 fully saturated rings. The minimum Gasteiger partial charge on any atom is -0.464 e. The number of benzene rings is 2. The van der Waals surface area contributed by atoms with Gasteiger partial charge in [0.2, 0.25) is 0 Å². The van der Waals surface area contributed by atoms with Crippen molar-refractivity contribution in [3.8, 4) is 11.3 Å². The number of nitrogens with zero attached hydrogens (tertiary/aromatic N) is 2. The number of furan rings is 1. The van der Waals surface area contributed by atoms with Crippen molar-refractivity contribution in [3.63, 3.8) is 0 Å². The second-order valence-corrected chi connectivity index (χ2v) is 7.80. The molecule has 2 heterocycles. The number of aryl methyl sites for hydroxylation is 2. The largest absolute Gasteiger partial charge is 0.464 e. The summed E-state index contributed by atoms with van der Waals surface area (Å²) in [4.78, 5) is 9.08. The fraction of sp³-hybridized carbons (Fsp3) is 0.182. The van der Waals surface area contributed by atoms with E-state index in [0.29, 0.717) is 16.1 Å². The van der Waals surface area contributed by atoms with Crippen molar-refractivity contribution < 1.29 is 8.81 Å². The van der Waals surface area contributed by atoms with E-state index in [4.69, 9.17) is 4.42 Å². The molecular weight excluding hydrogens is 421 g/mol. The molecule has 4 nitrogen and oxygen atoms in total. The summed E-state index contributed by atoms with van der Waals surface area (Å²) in [6.45, 7) is 5.85. The third-order valence-electron chi connectivity index (χ3n) is 4.65. The van der Waals surface area contributed by atoms with Crippen LogP contribution in [0.3, 0.4) is 0 Å². The predicted molar refractivity (Wildman–Crippen MR) is 113 cm³/mol. The molecule has 0 radical (unpaired) electrons. The van der Waals surface area contributed by atoms with Crippen LogP contribution in [0.4, 0.5) is 10.2 Å². The molecule has 0 saturated carbocycles. The van der Waals surface area contributed by atoms with Gasteiger partial charge in [0.05, 0.1) is 18.0 Å². The van der Waals surface area contributed by atoms with Crippen molar-refractivity contribution in [3.05, 3.63) is 76.0 Å². The van der Waals surface area contributed by atoms with E-state index in [-0.39, 0.29) is 11.9 Å². The molecule has 1 N–H and O–H groups in total. The topological polar surface area (TPSA) is 51.0 Å². The summed E-state index contributed by atoms with van der Waals surface area (Å²) in [5.41, 5.74) is 4.60. The van der Waals surface area contributed by atoms with Gasteiger partial charge >= 0.3 is 0 Å². The van der Waals surface area contributed by atoms with Crippen molar-refractivity contribution >= 4 is 32.7 Å². The van der Waals surface area contributed by atoms with Crippen LogP contribution in [-0.2, 0) is 0 Å². The summed E-state index contributed by atoms with van der Waals surface area (Å²) >= 11 is 3.34. The van der Waals surface area contributed by atoms with Gasteiger partial charge in [-0.15, -0.1) is 0 Å². The van der Waals surface area contributed by atoms with Crippen LogP contribution in [0, 0.1) is 19.7 Å². The molecule has 142 valence electrons. The summed E-state index contributed by atoms with van der Waals surface area (Å²) in [5, 5.41) is 4.42. The van der Waals surface area contributed by atoms with Crippen LogP contribution in [0.1, 0.15) is 29.9 Å². The maximum atomic E-state index is 13.7. The standard InChI is InChI=1S/C22H19BrFN3O/c1-12-11-28-21-5-4-15(8-19(12)21)20-10-22(27-14(3)26-20)25-13(2)16-6-17(23)9-18(24)7-16/h4-11,13H,1-3H3,(H,25,26,27). The van der Waals surface area contributed by atoms with Gasteiger partial charge in [0.15, 0.2) is 0 Å². The van der Waals surface area contributed by atoms with Gasteiger partial charge in [0.25, 0.3) is 0 Å². The molecule has 0 bridgehead atoms. The first-order chi connectivity index (χ1) is 13.4. The molecule has 2 aromatic heterocycles. The zero-order chi connectivity index (χ0) is 19.8. The first-order valence-electron chi connectivity index (χ1n) is 8.95. The highest BCUT2D eigenvalue weighted by molar-refractivity contribution is 9.10. The number of hydrogen-bond acceptors (Lipinski definition) is 4. The lowest BCUT2D eigenvalue weighted by atomic mass is 10.1. The van der Waals surface area contributed by atoms with Crippen molar-refractivity contribution in [1.29, 1.82) is 0 Å². The number of rotatable bonds is 4. The van der Waals surface area contributed by atoms with E-state index < -0.39 is 0 Å². The van der Waals surface area contributed by atoms with Crippen molar-refractivity contribution in [2.75, 3.05) is 5.32 Å². The fourth-order valence-electron chi connectivity index (χ4n) is 3.24. The number of fused-ring (bicyclic) bond motifs is 1. The highest BCUT2D eigenvalue weighted by atomic mass is 79.9. The fourth-order valence-corrected chi connectivity index (χ4v) is 3.72. The Hall–Kier alpha value is -2.73. The van der Waals surface area contributed by atoms with Crippen LogP contribution in [0.15, 0.2) is 57.6 Å². The highest BCUT2D eigenvalue weighted by Crippen LogP contribution is 2.29. The maximum absolute atomic E-state index is 13.7. The number of hydrogen-bond donors (Lipinski definition) is 1. The Bertz CT molecular complexity index is 1150. The van der Waals surface area contributed by atoms with E-state index >= 15 is 0 Å². The van der Waals surface area contributed by atoms with E-state index in [1.165, 1.54) is 12.1 Å². The molecular formula is C22H19BrFN3O. The monoisotopic (exact) mass is 439 g/mol. The third kappa shape index (κ3) is 3.78. The summed E-state index contributed by atoms with van der Waals surface area (Å²) in [6.07, 6.45) is 1.76. The van der Waals surface area contributed by atoms with Crippen molar-refractivity contribution in [2.24, 2.45) is 0 Å². The molecule has 4 aromatic rings. The Balaban J connectivity index is 1.67. The summed E-state index contributed by atoms with van der Waals surface area (Å²) in [5.74, 6) is 1.08. The molecule has 0 amide bonds. The minimum atomic E-state index is -0.277. The van der Waals surface area contributed by atoms with Gasteiger partial charge < -0.3 is 9.73 Å². The van der Waals surface area contributed by atoms with Gasteiger partial charge in [-0.05, 0) is 68.3 Å². The lowest BCUT2D eigenvalue weighted by Crippen LogP contribution is -2.09. The van der Waals surface area contributed by atoms with Crippen LogP contribution >= 0.6 is 15.9 Å². The van der Waals surface area contributed by atoms with Gasteiger partial charge in [-0.2, -0.15) is 0 Å². The molecule has 0 aliphatic carbocycles. The molecule has 0 aliphatic rings. The molecule has 4 rings (SSSR count). The Morgan fingerprint density at radius 2 is 1.89 bits per heavy atom. The highest BCUT2D eigenvalue weighted by Gasteiger charge is 2.12. The van der Waals surface area contributed by atoms with Crippen LogP contribution in [0.5, 0.6) is 0 Å². The summed E-state index contributed by atoms with van der Waals surface area (Å²) in [7, 11) is 0. The van der Waals surface area contributed by atoms with Crippen molar-refractivity contribution in [1.82, 2.24) is 9.97 Å². The summed E-state index contributed by atoms with van der Waals surface area (Å²) in [6, 6.07) is 12.7. The quantitative estimate of drug-likeness (QED) is 0.390. The molecule has 6 heteroatoms. The van der Waals surface area contributed by atoms with Gasteiger partial charge in [-0.25, -0.2) is 14.4 Å². The molecule has 1 atom stereocenters. The second-order valence-electron chi connectivity index (χ2n) is 6.88. The normalized spacial score (nSPS) is 12.3. The van der Waals surface area contributed by atoms with Gasteiger partial charge in [0, 0.05) is 21.5 Å². The Labute approximate surface area is 171 Å². The minimum absolute atomic E-state index is 0.118. The maximum Gasteiger partial charge on any atom is 0.134 e. The number of nitrogens with one attached hydrogen (secondary N) is 1. The van der Waals surface area contributed by atoms with Crippen LogP contribution in [0.2, 0.25) is 0 Å². The first-order valence-corrected chi connectivity index (χ1v) is 9.75. The first kappa shape index (κ1) is 18.6. The van der Waals surface area contributed by atoms with Crippen LogP contribution in [0.25, 0.3) is 22.2 Å². The molecule has 0 aliphatic heterocycles. The van der Waals surface area contributed by atoms with E-state index in [1.807, 2.05) is 45.0 Å². The predicted octanol–water partition coefficient (Wildman–Crippen LogP) is 6.58. The molecule has 1 unspecified atom stereocenters. The lowest BCUT2D eigenvalue weighted by Gasteiger charge is -2.16. The molecule has 0 saturated heterocycles. The van der Waals surface area contributed by atoms with Gasteiger partial charge in [-0.3, -0.25) is 0 Å². The molecule has 0 spiro atoms. The Kier molecular flexibility index (Phi) is 4.89. The van der Waals surface area contributed by atoms with E-state index in [2.05, 4.69) is 37.3 Å². The van der Waals surface area contributed by atoms with E-state index in [1.54, 1.807) is 6.26 Å². The SMILES string of the molecule is Cc1nc(NC(C)c2cc(F)cc(Br)c2)cc(-c2ccc3occ(C)c3c2)n1. The second kappa shape index (κ2) is 7.36. The van der Waals surface area contributed by atoms with E-state index in [9.17, 15) is 4.39 Å². The average molecular weight is 440 g/mol. The third-order valence-corrected chi connectivity index (χ3v) is 5.11.